The van der Waals surface area contributed by atoms with Gasteiger partial charge in [0, 0.05) is 31.7 Å². The minimum absolute atomic E-state index is 0.552. The molecule has 0 radical (unpaired) electrons. The van der Waals surface area contributed by atoms with E-state index in [-0.39, 0.29) is 0 Å². The number of nitrogens with one attached hydrogen (secondary N) is 1. The Hall–Kier alpha value is -0.120. The van der Waals surface area contributed by atoms with Crippen LogP contribution in [0.1, 0.15) is 46.0 Å². The van der Waals surface area contributed by atoms with E-state index in [0.717, 1.165) is 12.1 Å². The zero-order valence-electron chi connectivity index (χ0n) is 12.8. The first kappa shape index (κ1) is 13.8. The van der Waals surface area contributed by atoms with E-state index in [9.17, 15) is 0 Å². The Morgan fingerprint density at radius 1 is 1.16 bits per heavy atom. The van der Waals surface area contributed by atoms with E-state index < -0.39 is 0 Å². The van der Waals surface area contributed by atoms with Crippen molar-refractivity contribution in [2.75, 3.05) is 39.3 Å². The summed E-state index contributed by atoms with van der Waals surface area (Å²) in [6.07, 6.45) is 7.01. The van der Waals surface area contributed by atoms with Gasteiger partial charge in [0.1, 0.15) is 0 Å². The summed E-state index contributed by atoms with van der Waals surface area (Å²) >= 11 is 0. The van der Waals surface area contributed by atoms with Gasteiger partial charge < -0.3 is 5.32 Å². The first-order valence-electron chi connectivity index (χ1n) is 8.35. The highest BCUT2D eigenvalue weighted by atomic mass is 15.3. The van der Waals surface area contributed by atoms with E-state index in [4.69, 9.17) is 0 Å². The van der Waals surface area contributed by atoms with Crippen LogP contribution in [0, 0.1) is 5.41 Å². The molecule has 2 unspecified atom stereocenters. The molecule has 3 rings (SSSR count). The third-order valence-electron chi connectivity index (χ3n) is 5.71. The zero-order chi connectivity index (χ0) is 13.3. The molecule has 3 heteroatoms. The van der Waals surface area contributed by atoms with Gasteiger partial charge >= 0.3 is 0 Å². The molecular formula is C16H31N3. The first-order chi connectivity index (χ1) is 9.16. The Labute approximate surface area is 118 Å². The van der Waals surface area contributed by atoms with Crippen molar-refractivity contribution in [2.24, 2.45) is 5.41 Å². The summed E-state index contributed by atoms with van der Waals surface area (Å²) in [7, 11) is 0. The fourth-order valence-corrected chi connectivity index (χ4v) is 4.31. The van der Waals surface area contributed by atoms with Crippen LogP contribution in [0.5, 0.6) is 0 Å². The van der Waals surface area contributed by atoms with Gasteiger partial charge in [-0.05, 0) is 57.7 Å². The van der Waals surface area contributed by atoms with Crippen molar-refractivity contribution >= 4 is 0 Å². The van der Waals surface area contributed by atoms with Gasteiger partial charge in [-0.2, -0.15) is 0 Å². The van der Waals surface area contributed by atoms with Crippen molar-refractivity contribution < 1.29 is 0 Å². The molecule has 0 amide bonds. The second-order valence-electron chi connectivity index (χ2n) is 7.48. The van der Waals surface area contributed by atoms with Gasteiger partial charge in [-0.15, -0.1) is 0 Å². The Morgan fingerprint density at radius 2 is 1.95 bits per heavy atom. The Morgan fingerprint density at radius 3 is 2.74 bits per heavy atom. The summed E-state index contributed by atoms with van der Waals surface area (Å²) in [5.41, 5.74) is 0.552. The lowest BCUT2D eigenvalue weighted by atomic mass is 9.80. The second kappa shape index (κ2) is 5.71. The van der Waals surface area contributed by atoms with Crippen LogP contribution in [0.3, 0.4) is 0 Å². The molecular weight excluding hydrogens is 234 g/mol. The van der Waals surface area contributed by atoms with Crippen LogP contribution in [0.15, 0.2) is 0 Å². The fourth-order valence-electron chi connectivity index (χ4n) is 4.31. The summed E-state index contributed by atoms with van der Waals surface area (Å²) in [5, 5.41) is 3.51. The number of nitrogens with zero attached hydrogens (tertiary/aromatic N) is 2. The van der Waals surface area contributed by atoms with Crippen molar-refractivity contribution in [3.63, 3.8) is 0 Å². The van der Waals surface area contributed by atoms with Crippen molar-refractivity contribution in [1.29, 1.82) is 0 Å². The third kappa shape index (κ3) is 3.14. The molecule has 0 bridgehead atoms. The lowest BCUT2D eigenvalue weighted by Crippen LogP contribution is -2.60. The number of piperazine rings is 1. The van der Waals surface area contributed by atoms with E-state index in [2.05, 4.69) is 29.0 Å². The van der Waals surface area contributed by atoms with Gasteiger partial charge in [-0.3, -0.25) is 9.80 Å². The van der Waals surface area contributed by atoms with Crippen molar-refractivity contribution in [1.82, 2.24) is 15.1 Å². The lowest BCUT2D eigenvalue weighted by Gasteiger charge is -2.50. The Bertz CT molecular complexity index is 298. The van der Waals surface area contributed by atoms with Crippen molar-refractivity contribution in [3.8, 4) is 0 Å². The van der Waals surface area contributed by atoms with E-state index in [1.54, 1.807) is 0 Å². The van der Waals surface area contributed by atoms with Crippen LogP contribution < -0.4 is 5.32 Å². The minimum Gasteiger partial charge on any atom is -0.317 e. The molecule has 3 aliphatic heterocycles. The highest BCUT2D eigenvalue weighted by Gasteiger charge is 2.37. The van der Waals surface area contributed by atoms with Gasteiger partial charge in [0.15, 0.2) is 0 Å². The largest absolute Gasteiger partial charge is 0.317 e. The maximum absolute atomic E-state index is 3.51. The number of hydrogen-bond acceptors (Lipinski definition) is 3. The van der Waals surface area contributed by atoms with Crippen LogP contribution in [0.25, 0.3) is 0 Å². The number of rotatable bonds is 2. The van der Waals surface area contributed by atoms with Gasteiger partial charge in [0.2, 0.25) is 0 Å². The zero-order valence-corrected chi connectivity index (χ0v) is 12.8. The molecule has 0 aliphatic carbocycles. The molecule has 1 N–H and O–H groups in total. The standard InChI is InChI=1S/C16H31N3/c1-14-11-18-10-4-3-5-15(18)12-19(14)13-16(2)6-8-17-9-7-16/h14-15,17H,3-13H2,1-2H3. The third-order valence-corrected chi connectivity index (χ3v) is 5.71. The molecule has 0 aromatic heterocycles. The number of hydrogen-bond donors (Lipinski definition) is 1. The smallest absolute Gasteiger partial charge is 0.0223 e. The summed E-state index contributed by atoms with van der Waals surface area (Å²) < 4.78 is 0. The van der Waals surface area contributed by atoms with E-state index in [1.165, 1.54) is 71.4 Å². The fraction of sp³-hybridized carbons (Fsp3) is 1.00. The van der Waals surface area contributed by atoms with Gasteiger partial charge in [-0.1, -0.05) is 13.3 Å². The molecule has 110 valence electrons. The number of piperidine rings is 2. The first-order valence-corrected chi connectivity index (χ1v) is 8.35. The Balaban J connectivity index is 1.60. The Kier molecular flexibility index (Phi) is 4.16. The van der Waals surface area contributed by atoms with E-state index in [0.29, 0.717) is 5.41 Å². The normalized spacial score (nSPS) is 36.9. The average molecular weight is 265 g/mol. The molecule has 3 aliphatic rings. The molecule has 3 heterocycles. The van der Waals surface area contributed by atoms with Crippen LogP contribution >= 0.6 is 0 Å². The van der Waals surface area contributed by atoms with Gasteiger partial charge in [0.05, 0.1) is 0 Å². The molecule has 3 fully saturated rings. The van der Waals surface area contributed by atoms with Crippen LogP contribution in [-0.2, 0) is 0 Å². The molecule has 0 saturated carbocycles. The quantitative estimate of drug-likeness (QED) is 0.823. The SMILES string of the molecule is CC1CN2CCCCC2CN1CC1(C)CCNCC1. The molecule has 0 spiro atoms. The minimum atomic E-state index is 0.552. The van der Waals surface area contributed by atoms with Gasteiger partial charge in [0.25, 0.3) is 0 Å². The molecule has 0 aromatic carbocycles. The maximum Gasteiger partial charge on any atom is 0.0223 e. The topological polar surface area (TPSA) is 18.5 Å². The monoisotopic (exact) mass is 265 g/mol. The maximum atomic E-state index is 3.51. The summed E-state index contributed by atoms with van der Waals surface area (Å²) in [6, 6.07) is 1.61. The molecule has 0 aromatic rings. The molecule has 19 heavy (non-hydrogen) atoms. The van der Waals surface area contributed by atoms with E-state index in [1.807, 2.05) is 0 Å². The summed E-state index contributed by atoms with van der Waals surface area (Å²) in [6.45, 7) is 12.7. The number of fused-ring (bicyclic) bond motifs is 1. The predicted octanol–water partition coefficient (Wildman–Crippen LogP) is 1.93. The van der Waals surface area contributed by atoms with Crippen LogP contribution in [-0.4, -0.2) is 61.2 Å². The highest BCUT2D eigenvalue weighted by Crippen LogP contribution is 2.32. The highest BCUT2D eigenvalue weighted by molar-refractivity contribution is 4.92. The summed E-state index contributed by atoms with van der Waals surface area (Å²) in [5.74, 6) is 0. The second-order valence-corrected chi connectivity index (χ2v) is 7.48. The molecule has 3 saturated heterocycles. The summed E-state index contributed by atoms with van der Waals surface area (Å²) in [4.78, 5) is 5.56. The predicted molar refractivity (Wildman–Crippen MR) is 80.5 cm³/mol. The average Bonchev–Trinajstić information content (AvgIpc) is 2.40. The lowest BCUT2D eigenvalue weighted by molar-refractivity contribution is -0.00957. The van der Waals surface area contributed by atoms with Crippen molar-refractivity contribution in [2.45, 2.75) is 58.0 Å². The molecule has 2 atom stereocenters. The van der Waals surface area contributed by atoms with Crippen LogP contribution in [0.4, 0.5) is 0 Å². The van der Waals surface area contributed by atoms with Crippen LogP contribution in [0.2, 0.25) is 0 Å². The van der Waals surface area contributed by atoms with E-state index >= 15 is 0 Å². The molecule has 3 nitrogen and oxygen atoms in total. The van der Waals surface area contributed by atoms with Gasteiger partial charge in [-0.25, -0.2) is 0 Å². The van der Waals surface area contributed by atoms with Crippen molar-refractivity contribution in [3.05, 3.63) is 0 Å².